The van der Waals surface area contributed by atoms with Gasteiger partial charge in [0.2, 0.25) is 11.8 Å². The summed E-state index contributed by atoms with van der Waals surface area (Å²) in [6, 6.07) is 16.7. The maximum absolute atomic E-state index is 13.0. The van der Waals surface area contributed by atoms with Crippen LogP contribution in [0.5, 0.6) is 0 Å². The van der Waals surface area contributed by atoms with Gasteiger partial charge in [0.25, 0.3) is 5.91 Å². The number of nitrogens with zero attached hydrogens (tertiary/aromatic N) is 2. The SMILES string of the molecule is O=C1CCC(N2Cc3cc(C4CCN(Cc5ccc(-c6ccsc6)cc5)CC4)ccc3C2=O)C(=O)N1. The van der Waals surface area contributed by atoms with Crippen molar-refractivity contribution in [1.29, 1.82) is 0 Å². The average Bonchev–Trinajstić information content (AvgIpc) is 3.54. The number of thiophene rings is 1. The van der Waals surface area contributed by atoms with E-state index in [4.69, 9.17) is 0 Å². The van der Waals surface area contributed by atoms with Crippen LogP contribution in [0.15, 0.2) is 59.3 Å². The molecule has 184 valence electrons. The summed E-state index contributed by atoms with van der Waals surface area (Å²) in [6.45, 7) is 3.51. The fraction of sp³-hybridized carbons (Fsp3) is 0.345. The average molecular weight is 500 g/mol. The van der Waals surface area contributed by atoms with Crippen molar-refractivity contribution in [3.63, 3.8) is 0 Å². The molecule has 3 aliphatic heterocycles. The second kappa shape index (κ2) is 9.64. The van der Waals surface area contributed by atoms with Crippen molar-refractivity contribution in [2.24, 2.45) is 0 Å². The second-order valence-electron chi connectivity index (χ2n) is 10.1. The van der Waals surface area contributed by atoms with E-state index >= 15 is 0 Å². The molecule has 6 nitrogen and oxygen atoms in total. The number of fused-ring (bicyclic) bond motifs is 1. The smallest absolute Gasteiger partial charge is 0.255 e. The predicted octanol–water partition coefficient (Wildman–Crippen LogP) is 4.56. The number of nitrogens with one attached hydrogen (secondary N) is 1. The summed E-state index contributed by atoms with van der Waals surface area (Å²) in [6.07, 6.45) is 2.86. The summed E-state index contributed by atoms with van der Waals surface area (Å²) >= 11 is 1.72. The number of carbonyl (C=O) groups excluding carboxylic acids is 3. The van der Waals surface area contributed by atoms with Gasteiger partial charge in [0.05, 0.1) is 0 Å². The lowest BCUT2D eigenvalue weighted by atomic mass is 9.87. The summed E-state index contributed by atoms with van der Waals surface area (Å²) in [5.41, 5.74) is 6.86. The molecule has 1 N–H and O–H groups in total. The molecule has 7 heteroatoms. The number of piperidine rings is 2. The number of carbonyl (C=O) groups is 3. The van der Waals surface area contributed by atoms with Crippen LogP contribution in [0.1, 0.15) is 58.6 Å². The number of hydrogen-bond donors (Lipinski definition) is 1. The van der Waals surface area contributed by atoms with E-state index in [1.807, 2.05) is 6.07 Å². The summed E-state index contributed by atoms with van der Waals surface area (Å²) in [5, 5.41) is 6.66. The quantitative estimate of drug-likeness (QED) is 0.523. The summed E-state index contributed by atoms with van der Waals surface area (Å²) in [4.78, 5) is 40.9. The lowest BCUT2D eigenvalue weighted by molar-refractivity contribution is -0.136. The molecule has 0 spiro atoms. The first kappa shape index (κ1) is 23.1. The van der Waals surface area contributed by atoms with Gasteiger partial charge in [0.15, 0.2) is 0 Å². The zero-order valence-corrected chi connectivity index (χ0v) is 20.9. The Balaban J connectivity index is 1.06. The topological polar surface area (TPSA) is 69.7 Å². The highest BCUT2D eigenvalue weighted by Gasteiger charge is 2.39. The van der Waals surface area contributed by atoms with Crippen molar-refractivity contribution < 1.29 is 14.4 Å². The van der Waals surface area contributed by atoms with Crippen LogP contribution in [0.2, 0.25) is 0 Å². The molecule has 2 fully saturated rings. The van der Waals surface area contributed by atoms with Crippen molar-refractivity contribution in [3.8, 4) is 11.1 Å². The van der Waals surface area contributed by atoms with Crippen molar-refractivity contribution in [2.45, 2.75) is 50.7 Å². The zero-order valence-electron chi connectivity index (χ0n) is 20.1. The number of imide groups is 1. The molecule has 3 aliphatic rings. The first-order valence-corrected chi connectivity index (χ1v) is 13.6. The van der Waals surface area contributed by atoms with E-state index < -0.39 is 6.04 Å². The molecule has 2 saturated heterocycles. The van der Waals surface area contributed by atoms with Gasteiger partial charge in [-0.2, -0.15) is 11.3 Å². The zero-order chi connectivity index (χ0) is 24.6. The molecule has 4 heterocycles. The minimum Gasteiger partial charge on any atom is -0.322 e. The van der Waals surface area contributed by atoms with Gasteiger partial charge >= 0.3 is 0 Å². The molecule has 3 amide bonds. The van der Waals surface area contributed by atoms with Gasteiger partial charge in [0.1, 0.15) is 6.04 Å². The molecule has 3 aromatic rings. The van der Waals surface area contributed by atoms with Gasteiger partial charge in [-0.05, 0) is 89.0 Å². The van der Waals surface area contributed by atoms with E-state index in [0.717, 1.165) is 38.0 Å². The Morgan fingerprint density at radius 1 is 0.917 bits per heavy atom. The lowest BCUT2D eigenvalue weighted by Gasteiger charge is -2.32. The van der Waals surface area contributed by atoms with Crippen LogP contribution in [0.25, 0.3) is 11.1 Å². The Morgan fingerprint density at radius 3 is 2.44 bits per heavy atom. The standard InChI is InChI=1S/C29H29N3O3S/c33-27-8-7-26(28(34)30-27)32-17-24-15-22(5-6-25(24)29(32)35)21-9-12-31(13-10-21)16-19-1-3-20(4-2-19)23-11-14-36-18-23/h1-6,11,14-15,18,21,26H,7-10,12-13,16-17H2,(H,30,33,34). The molecule has 2 aromatic carbocycles. The van der Waals surface area contributed by atoms with E-state index in [0.29, 0.717) is 24.4 Å². The van der Waals surface area contributed by atoms with Gasteiger partial charge in [-0.15, -0.1) is 0 Å². The predicted molar refractivity (Wildman–Crippen MR) is 139 cm³/mol. The first-order chi connectivity index (χ1) is 17.5. The highest BCUT2D eigenvalue weighted by atomic mass is 32.1. The van der Waals surface area contributed by atoms with Crippen LogP contribution in [-0.4, -0.2) is 46.7 Å². The normalized spacial score (nSPS) is 21.1. The Labute approximate surface area is 214 Å². The largest absolute Gasteiger partial charge is 0.322 e. The van der Waals surface area contributed by atoms with Crippen LogP contribution in [0, 0.1) is 0 Å². The number of benzene rings is 2. The first-order valence-electron chi connectivity index (χ1n) is 12.7. The molecular weight excluding hydrogens is 470 g/mol. The fourth-order valence-corrected chi connectivity index (χ4v) is 6.43. The van der Waals surface area contributed by atoms with Crippen LogP contribution in [0.3, 0.4) is 0 Å². The molecule has 6 rings (SSSR count). The van der Waals surface area contributed by atoms with Crippen molar-refractivity contribution in [2.75, 3.05) is 13.1 Å². The number of amides is 3. The van der Waals surface area contributed by atoms with Crippen molar-refractivity contribution >= 4 is 29.1 Å². The molecule has 36 heavy (non-hydrogen) atoms. The molecule has 0 aliphatic carbocycles. The Bertz CT molecular complexity index is 1290. The van der Waals surface area contributed by atoms with E-state index in [1.165, 1.54) is 22.3 Å². The number of rotatable bonds is 5. The minimum atomic E-state index is -0.561. The maximum atomic E-state index is 13.0. The Kier molecular flexibility index (Phi) is 6.19. The van der Waals surface area contributed by atoms with Crippen molar-refractivity contribution in [1.82, 2.24) is 15.1 Å². The van der Waals surface area contributed by atoms with Gasteiger partial charge in [-0.1, -0.05) is 36.4 Å². The highest BCUT2D eigenvalue weighted by Crippen LogP contribution is 2.34. The number of hydrogen-bond acceptors (Lipinski definition) is 5. The van der Waals surface area contributed by atoms with Gasteiger partial charge in [-0.25, -0.2) is 0 Å². The van der Waals surface area contributed by atoms with E-state index in [2.05, 4.69) is 63.4 Å². The van der Waals surface area contributed by atoms with Gasteiger partial charge in [0, 0.05) is 25.1 Å². The monoisotopic (exact) mass is 499 g/mol. The maximum Gasteiger partial charge on any atom is 0.255 e. The highest BCUT2D eigenvalue weighted by molar-refractivity contribution is 7.08. The van der Waals surface area contributed by atoms with Gasteiger partial charge < -0.3 is 4.90 Å². The van der Waals surface area contributed by atoms with Crippen LogP contribution in [-0.2, 0) is 22.7 Å². The fourth-order valence-electron chi connectivity index (χ4n) is 5.76. The molecule has 0 saturated carbocycles. The van der Waals surface area contributed by atoms with Crippen LogP contribution < -0.4 is 5.32 Å². The third-order valence-corrected chi connectivity index (χ3v) is 8.50. The van der Waals surface area contributed by atoms with E-state index in [1.54, 1.807) is 16.2 Å². The molecule has 1 atom stereocenters. The third-order valence-electron chi connectivity index (χ3n) is 7.82. The summed E-state index contributed by atoms with van der Waals surface area (Å²) < 4.78 is 0. The number of likely N-dealkylation sites (tertiary alicyclic amines) is 1. The van der Waals surface area contributed by atoms with Crippen LogP contribution in [0.4, 0.5) is 0 Å². The van der Waals surface area contributed by atoms with Crippen LogP contribution >= 0.6 is 11.3 Å². The molecule has 1 aromatic heterocycles. The van der Waals surface area contributed by atoms with Crippen molar-refractivity contribution in [3.05, 3.63) is 81.5 Å². The van der Waals surface area contributed by atoms with E-state index in [9.17, 15) is 14.4 Å². The third kappa shape index (κ3) is 4.49. The summed E-state index contributed by atoms with van der Waals surface area (Å²) in [7, 11) is 0. The minimum absolute atomic E-state index is 0.106. The summed E-state index contributed by atoms with van der Waals surface area (Å²) in [5.74, 6) is -0.247. The van der Waals surface area contributed by atoms with Gasteiger partial charge in [-0.3, -0.25) is 24.6 Å². The molecule has 1 unspecified atom stereocenters. The lowest BCUT2D eigenvalue weighted by Crippen LogP contribution is -2.52. The van der Waals surface area contributed by atoms with E-state index in [-0.39, 0.29) is 24.1 Å². The molecule has 0 bridgehead atoms. The Hall–Kier alpha value is -3.29. The molecule has 0 radical (unpaired) electrons. The molecular formula is C29H29N3O3S. The second-order valence-corrected chi connectivity index (χ2v) is 10.9. The Morgan fingerprint density at radius 2 is 1.72 bits per heavy atom.